The third-order valence-corrected chi connectivity index (χ3v) is 3.57. The molecule has 0 saturated carbocycles. The highest BCUT2D eigenvalue weighted by Crippen LogP contribution is 2.33. The lowest BCUT2D eigenvalue weighted by atomic mass is 9.82. The highest BCUT2D eigenvalue weighted by Gasteiger charge is 2.27. The Hall–Kier alpha value is -1.20. The van der Waals surface area contributed by atoms with Crippen molar-refractivity contribution < 1.29 is 20.4 Å². The molecular formula is C15H20O4. The van der Waals surface area contributed by atoms with E-state index in [1.807, 2.05) is 19.1 Å². The van der Waals surface area contributed by atoms with Crippen molar-refractivity contribution in [3.05, 3.63) is 47.6 Å². The minimum absolute atomic E-state index is 0.139. The zero-order valence-electron chi connectivity index (χ0n) is 11.0. The van der Waals surface area contributed by atoms with E-state index in [0.29, 0.717) is 0 Å². The van der Waals surface area contributed by atoms with E-state index in [1.165, 1.54) is 12.2 Å². The van der Waals surface area contributed by atoms with E-state index in [-0.39, 0.29) is 18.8 Å². The Morgan fingerprint density at radius 3 is 1.63 bits per heavy atom. The maximum atomic E-state index is 9.46. The van der Waals surface area contributed by atoms with Crippen LogP contribution in [-0.2, 0) is 0 Å². The van der Waals surface area contributed by atoms with Crippen molar-refractivity contribution in [3.8, 4) is 0 Å². The van der Waals surface area contributed by atoms with Crippen molar-refractivity contribution in [2.24, 2.45) is 5.92 Å². The second kappa shape index (κ2) is 5.06. The van der Waals surface area contributed by atoms with Crippen molar-refractivity contribution in [1.29, 1.82) is 0 Å². The molecule has 2 aliphatic rings. The van der Waals surface area contributed by atoms with Crippen LogP contribution in [0.15, 0.2) is 47.6 Å². The van der Waals surface area contributed by atoms with Crippen molar-refractivity contribution in [2.45, 2.75) is 37.8 Å². The first kappa shape index (κ1) is 14.2. The standard InChI is InChI=1S/C15H20O4/c1-2-13(11-3-7-14(16,17)8-4-11)12-5-9-15(18,19)10-6-12/h3-7,9,13,16-19H,2,8,10H2,1H3. The fourth-order valence-corrected chi connectivity index (χ4v) is 2.45. The van der Waals surface area contributed by atoms with Crippen LogP contribution in [0.4, 0.5) is 0 Å². The van der Waals surface area contributed by atoms with Crippen molar-refractivity contribution in [1.82, 2.24) is 0 Å². The molecule has 0 fully saturated rings. The predicted octanol–water partition coefficient (Wildman–Crippen LogP) is 1.15. The fraction of sp³-hybridized carbons (Fsp3) is 0.467. The van der Waals surface area contributed by atoms with Gasteiger partial charge in [0.15, 0.2) is 11.6 Å². The molecule has 0 atom stereocenters. The zero-order valence-corrected chi connectivity index (χ0v) is 11.0. The van der Waals surface area contributed by atoms with Crippen LogP contribution in [-0.4, -0.2) is 32.0 Å². The summed E-state index contributed by atoms with van der Waals surface area (Å²) in [6.45, 7) is 2.05. The molecule has 0 aromatic rings. The van der Waals surface area contributed by atoms with Crippen molar-refractivity contribution in [2.75, 3.05) is 0 Å². The third kappa shape index (κ3) is 3.42. The van der Waals surface area contributed by atoms with Crippen LogP contribution in [0, 0.1) is 5.92 Å². The van der Waals surface area contributed by atoms with Gasteiger partial charge in [-0.05, 0) is 29.7 Å². The van der Waals surface area contributed by atoms with Crippen molar-refractivity contribution in [3.63, 3.8) is 0 Å². The Bertz CT molecular complexity index is 425. The smallest absolute Gasteiger partial charge is 0.186 e. The Kier molecular flexibility index (Phi) is 3.78. The molecule has 4 nitrogen and oxygen atoms in total. The Labute approximate surface area is 112 Å². The molecule has 19 heavy (non-hydrogen) atoms. The van der Waals surface area contributed by atoms with Gasteiger partial charge in [-0.1, -0.05) is 31.2 Å². The fourth-order valence-electron chi connectivity index (χ4n) is 2.45. The molecule has 0 spiro atoms. The summed E-state index contributed by atoms with van der Waals surface area (Å²) in [5.41, 5.74) is 2.06. The Morgan fingerprint density at radius 1 is 0.947 bits per heavy atom. The Balaban J connectivity index is 2.15. The maximum absolute atomic E-state index is 9.46. The van der Waals surface area contributed by atoms with Gasteiger partial charge in [0.1, 0.15) is 0 Å². The summed E-state index contributed by atoms with van der Waals surface area (Å²) in [5.74, 6) is -3.35. The maximum Gasteiger partial charge on any atom is 0.186 e. The molecule has 0 unspecified atom stereocenters. The molecule has 4 heteroatoms. The van der Waals surface area contributed by atoms with Gasteiger partial charge in [-0.15, -0.1) is 0 Å². The zero-order chi connectivity index (χ0) is 14.1. The van der Waals surface area contributed by atoms with Crippen LogP contribution in [0.5, 0.6) is 0 Å². The topological polar surface area (TPSA) is 80.9 Å². The summed E-state index contributed by atoms with van der Waals surface area (Å²) >= 11 is 0. The second-order valence-electron chi connectivity index (χ2n) is 5.20. The highest BCUT2D eigenvalue weighted by molar-refractivity contribution is 5.39. The van der Waals surface area contributed by atoms with E-state index < -0.39 is 11.6 Å². The molecule has 2 aliphatic carbocycles. The minimum atomic E-state index is -1.75. The molecule has 4 N–H and O–H groups in total. The van der Waals surface area contributed by atoms with Gasteiger partial charge in [-0.2, -0.15) is 0 Å². The lowest BCUT2D eigenvalue weighted by Crippen LogP contribution is -2.28. The largest absolute Gasteiger partial charge is 0.362 e. The normalized spacial score (nSPS) is 24.3. The monoisotopic (exact) mass is 264 g/mol. The quantitative estimate of drug-likeness (QED) is 0.576. The number of hydrogen-bond donors (Lipinski definition) is 4. The number of allylic oxidation sites excluding steroid dienone is 4. The molecule has 0 amide bonds. The van der Waals surface area contributed by atoms with Crippen LogP contribution in [0.2, 0.25) is 0 Å². The van der Waals surface area contributed by atoms with E-state index in [0.717, 1.165) is 17.6 Å². The van der Waals surface area contributed by atoms with Crippen molar-refractivity contribution >= 4 is 0 Å². The number of aliphatic hydroxyl groups is 4. The molecule has 0 radical (unpaired) electrons. The van der Waals surface area contributed by atoms with Crippen LogP contribution in [0.3, 0.4) is 0 Å². The average Bonchev–Trinajstić information content (AvgIpc) is 2.34. The van der Waals surface area contributed by atoms with E-state index in [9.17, 15) is 20.4 Å². The van der Waals surface area contributed by atoms with Gasteiger partial charge in [0.2, 0.25) is 0 Å². The third-order valence-electron chi connectivity index (χ3n) is 3.57. The van der Waals surface area contributed by atoms with Crippen LogP contribution < -0.4 is 0 Å². The van der Waals surface area contributed by atoms with Crippen LogP contribution in [0.25, 0.3) is 0 Å². The molecule has 104 valence electrons. The first-order valence-corrected chi connectivity index (χ1v) is 6.51. The second-order valence-corrected chi connectivity index (χ2v) is 5.20. The molecule has 0 aromatic heterocycles. The summed E-state index contributed by atoms with van der Waals surface area (Å²) in [6.07, 6.45) is 11.1. The average molecular weight is 264 g/mol. The lowest BCUT2D eigenvalue weighted by Gasteiger charge is -2.27. The van der Waals surface area contributed by atoms with Crippen LogP contribution >= 0.6 is 0 Å². The van der Waals surface area contributed by atoms with Gasteiger partial charge in [0.25, 0.3) is 0 Å². The van der Waals surface area contributed by atoms with Gasteiger partial charge in [-0.25, -0.2) is 0 Å². The summed E-state index contributed by atoms with van der Waals surface area (Å²) < 4.78 is 0. The first-order chi connectivity index (χ1) is 8.83. The highest BCUT2D eigenvalue weighted by atomic mass is 16.5. The Morgan fingerprint density at radius 2 is 1.37 bits per heavy atom. The molecule has 2 rings (SSSR count). The van der Waals surface area contributed by atoms with Gasteiger partial charge < -0.3 is 20.4 Å². The SMILES string of the molecule is CCC(C1=CCC(O)(O)C=C1)C1=CCC(O)(O)C=C1. The summed E-state index contributed by atoms with van der Waals surface area (Å²) in [7, 11) is 0. The van der Waals surface area contributed by atoms with E-state index in [1.54, 1.807) is 12.2 Å². The van der Waals surface area contributed by atoms with E-state index in [4.69, 9.17) is 0 Å². The summed E-state index contributed by atoms with van der Waals surface area (Å²) in [5, 5.41) is 37.8. The van der Waals surface area contributed by atoms with E-state index in [2.05, 4.69) is 0 Å². The summed E-state index contributed by atoms with van der Waals surface area (Å²) in [6, 6.07) is 0. The number of hydrogen-bond acceptors (Lipinski definition) is 4. The minimum Gasteiger partial charge on any atom is -0.362 e. The van der Waals surface area contributed by atoms with E-state index >= 15 is 0 Å². The molecule has 0 saturated heterocycles. The molecule has 0 bridgehead atoms. The molecule has 0 aliphatic heterocycles. The first-order valence-electron chi connectivity index (χ1n) is 6.51. The van der Waals surface area contributed by atoms with Gasteiger partial charge in [0.05, 0.1) is 0 Å². The van der Waals surface area contributed by atoms with Gasteiger partial charge in [-0.3, -0.25) is 0 Å². The van der Waals surface area contributed by atoms with Gasteiger partial charge in [0, 0.05) is 18.8 Å². The number of rotatable bonds is 3. The summed E-state index contributed by atoms with van der Waals surface area (Å²) in [4.78, 5) is 0. The lowest BCUT2D eigenvalue weighted by molar-refractivity contribution is -0.115. The van der Waals surface area contributed by atoms with Gasteiger partial charge >= 0.3 is 0 Å². The molecule has 0 heterocycles. The predicted molar refractivity (Wildman–Crippen MR) is 71.8 cm³/mol. The molecule has 0 aromatic carbocycles. The van der Waals surface area contributed by atoms with Crippen LogP contribution in [0.1, 0.15) is 26.2 Å². The molecular weight excluding hydrogens is 244 g/mol.